The molecular weight excluding hydrogens is 152 g/mol. The lowest BCUT2D eigenvalue weighted by molar-refractivity contribution is 0.371. The molecule has 0 unspecified atom stereocenters. The fraction of sp³-hybridized carbons (Fsp3) is 0.200. The number of terminal acetylenes is 1. The van der Waals surface area contributed by atoms with Crippen molar-refractivity contribution in [2.24, 2.45) is 0 Å². The maximum atomic E-state index is 9.50. The first-order valence-corrected chi connectivity index (χ1v) is 3.58. The molecule has 0 radical (unpaired) electrons. The normalized spacial score (nSPS) is 9.00. The Morgan fingerprint density at radius 2 is 2.33 bits per heavy atom. The third-order valence-corrected chi connectivity index (χ3v) is 1.59. The van der Waals surface area contributed by atoms with Crippen molar-refractivity contribution in [1.82, 2.24) is 0 Å². The van der Waals surface area contributed by atoms with E-state index in [9.17, 15) is 5.11 Å². The van der Waals surface area contributed by atoms with E-state index in [0.717, 1.165) is 5.56 Å². The Morgan fingerprint density at radius 3 is 2.92 bits per heavy atom. The molecule has 1 aromatic rings. The predicted octanol–water partition coefficient (Wildman–Crippen LogP) is 1.58. The average molecular weight is 162 g/mol. The summed E-state index contributed by atoms with van der Waals surface area (Å²) in [5.74, 6) is 3.06. The molecule has 0 amide bonds. The van der Waals surface area contributed by atoms with Gasteiger partial charge in [0.15, 0.2) is 11.5 Å². The molecule has 1 aromatic carbocycles. The fourth-order valence-corrected chi connectivity index (χ4v) is 0.985. The Kier molecular flexibility index (Phi) is 2.60. The molecule has 2 nitrogen and oxygen atoms in total. The largest absolute Gasteiger partial charge is 0.504 e. The summed E-state index contributed by atoms with van der Waals surface area (Å²) in [5.41, 5.74) is 0.719. The Morgan fingerprint density at radius 1 is 1.58 bits per heavy atom. The van der Waals surface area contributed by atoms with Crippen molar-refractivity contribution in [3.63, 3.8) is 0 Å². The summed E-state index contributed by atoms with van der Waals surface area (Å²) in [6, 6.07) is 5.26. The van der Waals surface area contributed by atoms with Crippen molar-refractivity contribution in [1.29, 1.82) is 0 Å². The van der Waals surface area contributed by atoms with E-state index < -0.39 is 0 Å². The third-order valence-electron chi connectivity index (χ3n) is 1.59. The lowest BCUT2D eigenvalue weighted by atomic mass is 10.1. The first-order chi connectivity index (χ1) is 5.79. The topological polar surface area (TPSA) is 29.5 Å². The number of ether oxygens (including phenoxy) is 1. The molecular formula is C10H10O2. The number of rotatable bonds is 2. The molecule has 0 spiro atoms. The molecule has 0 saturated carbocycles. The molecule has 0 saturated heterocycles. The molecule has 0 atom stereocenters. The maximum Gasteiger partial charge on any atom is 0.161 e. The second-order valence-corrected chi connectivity index (χ2v) is 2.35. The minimum Gasteiger partial charge on any atom is -0.504 e. The van der Waals surface area contributed by atoms with Crippen molar-refractivity contribution >= 4 is 0 Å². The van der Waals surface area contributed by atoms with Crippen LogP contribution in [-0.4, -0.2) is 12.2 Å². The van der Waals surface area contributed by atoms with Crippen LogP contribution in [0.1, 0.15) is 5.56 Å². The van der Waals surface area contributed by atoms with Gasteiger partial charge >= 0.3 is 0 Å². The summed E-state index contributed by atoms with van der Waals surface area (Å²) >= 11 is 0. The van der Waals surface area contributed by atoms with Gasteiger partial charge in [-0.1, -0.05) is 12.1 Å². The van der Waals surface area contributed by atoms with E-state index in [0.29, 0.717) is 12.2 Å². The lowest BCUT2D eigenvalue weighted by Gasteiger charge is -2.05. The van der Waals surface area contributed by atoms with E-state index in [4.69, 9.17) is 11.2 Å². The zero-order chi connectivity index (χ0) is 8.97. The monoisotopic (exact) mass is 162 g/mol. The van der Waals surface area contributed by atoms with Crippen LogP contribution in [0.5, 0.6) is 11.5 Å². The van der Waals surface area contributed by atoms with Gasteiger partial charge in [-0.05, 0) is 6.07 Å². The number of phenols is 1. The highest BCUT2D eigenvalue weighted by molar-refractivity contribution is 5.46. The van der Waals surface area contributed by atoms with Crippen molar-refractivity contribution < 1.29 is 9.84 Å². The zero-order valence-corrected chi connectivity index (χ0v) is 6.87. The number of benzene rings is 1. The zero-order valence-electron chi connectivity index (χ0n) is 6.87. The molecule has 2 heteroatoms. The van der Waals surface area contributed by atoms with Crippen LogP contribution in [0.15, 0.2) is 18.2 Å². The minimum absolute atomic E-state index is 0.137. The number of hydrogen-bond acceptors (Lipinski definition) is 2. The molecule has 0 aromatic heterocycles. The van der Waals surface area contributed by atoms with Crippen molar-refractivity contribution in [3.05, 3.63) is 23.8 Å². The fourth-order valence-electron chi connectivity index (χ4n) is 0.985. The van der Waals surface area contributed by atoms with Gasteiger partial charge in [0.05, 0.1) is 7.11 Å². The van der Waals surface area contributed by atoms with Gasteiger partial charge in [0.1, 0.15) is 0 Å². The Hall–Kier alpha value is -1.62. The average Bonchev–Trinajstić information content (AvgIpc) is 2.09. The van der Waals surface area contributed by atoms with Crippen LogP contribution in [0, 0.1) is 12.3 Å². The summed E-state index contributed by atoms with van der Waals surface area (Å²) in [5, 5.41) is 9.50. The molecule has 0 aliphatic heterocycles. The Bertz CT molecular complexity index is 310. The van der Waals surface area contributed by atoms with E-state index in [1.165, 1.54) is 7.11 Å². The molecule has 1 N–H and O–H groups in total. The molecule has 62 valence electrons. The van der Waals surface area contributed by atoms with Gasteiger partial charge in [-0.25, -0.2) is 0 Å². The van der Waals surface area contributed by atoms with E-state index in [-0.39, 0.29) is 5.75 Å². The summed E-state index contributed by atoms with van der Waals surface area (Å²) in [7, 11) is 1.51. The van der Waals surface area contributed by atoms with Crippen LogP contribution in [0.4, 0.5) is 0 Å². The second kappa shape index (κ2) is 3.68. The molecule has 12 heavy (non-hydrogen) atoms. The van der Waals surface area contributed by atoms with Crippen molar-refractivity contribution in [2.75, 3.05) is 7.11 Å². The lowest BCUT2D eigenvalue weighted by Crippen LogP contribution is -1.87. The van der Waals surface area contributed by atoms with Gasteiger partial charge in [0, 0.05) is 12.0 Å². The van der Waals surface area contributed by atoms with Crippen LogP contribution >= 0.6 is 0 Å². The number of aromatic hydroxyl groups is 1. The van der Waals surface area contributed by atoms with Crippen molar-refractivity contribution in [3.8, 4) is 23.8 Å². The highest BCUT2D eigenvalue weighted by atomic mass is 16.5. The third kappa shape index (κ3) is 1.51. The van der Waals surface area contributed by atoms with E-state index >= 15 is 0 Å². The number of hydrogen-bond donors (Lipinski definition) is 1. The number of phenolic OH excluding ortho intramolecular Hbond substituents is 1. The molecule has 1 rings (SSSR count). The van der Waals surface area contributed by atoms with E-state index in [1.807, 2.05) is 0 Å². The predicted molar refractivity (Wildman–Crippen MR) is 47.2 cm³/mol. The Labute approximate surface area is 71.8 Å². The van der Waals surface area contributed by atoms with Gasteiger partial charge < -0.3 is 9.84 Å². The van der Waals surface area contributed by atoms with Crippen LogP contribution in [0.2, 0.25) is 0 Å². The second-order valence-electron chi connectivity index (χ2n) is 2.35. The highest BCUT2D eigenvalue weighted by Crippen LogP contribution is 2.29. The first kappa shape index (κ1) is 8.48. The summed E-state index contributed by atoms with van der Waals surface area (Å²) < 4.78 is 4.91. The van der Waals surface area contributed by atoms with Gasteiger partial charge in [0.25, 0.3) is 0 Å². The molecule has 0 aliphatic rings. The standard InChI is InChI=1S/C10H10O2/c1-3-5-8-6-4-7-9(12-2)10(8)11/h1,4,6-7,11H,5H2,2H3. The van der Waals surface area contributed by atoms with Gasteiger partial charge in [-0.3, -0.25) is 0 Å². The summed E-state index contributed by atoms with van der Waals surface area (Å²) in [6.07, 6.45) is 5.54. The Balaban J connectivity index is 3.07. The van der Waals surface area contributed by atoms with Crippen LogP contribution in [0.3, 0.4) is 0 Å². The molecule has 0 fully saturated rings. The smallest absolute Gasteiger partial charge is 0.161 e. The minimum atomic E-state index is 0.137. The van der Waals surface area contributed by atoms with Gasteiger partial charge in [0.2, 0.25) is 0 Å². The highest BCUT2D eigenvalue weighted by Gasteiger charge is 2.04. The van der Waals surface area contributed by atoms with Crippen LogP contribution < -0.4 is 4.74 Å². The van der Waals surface area contributed by atoms with Crippen molar-refractivity contribution in [2.45, 2.75) is 6.42 Å². The van der Waals surface area contributed by atoms with E-state index in [1.54, 1.807) is 18.2 Å². The van der Waals surface area contributed by atoms with Gasteiger partial charge in [-0.15, -0.1) is 12.3 Å². The number of methoxy groups -OCH3 is 1. The summed E-state index contributed by atoms with van der Waals surface area (Å²) in [4.78, 5) is 0. The molecule has 0 bridgehead atoms. The van der Waals surface area contributed by atoms with E-state index in [2.05, 4.69) is 5.92 Å². The maximum absolute atomic E-state index is 9.50. The SMILES string of the molecule is C#CCc1cccc(OC)c1O. The number of para-hydroxylation sites is 1. The summed E-state index contributed by atoms with van der Waals surface area (Å²) in [6.45, 7) is 0. The first-order valence-electron chi connectivity index (χ1n) is 3.58. The van der Waals surface area contributed by atoms with Crippen LogP contribution in [0.25, 0.3) is 0 Å². The quantitative estimate of drug-likeness (QED) is 0.669. The van der Waals surface area contributed by atoms with Gasteiger partial charge in [-0.2, -0.15) is 0 Å². The van der Waals surface area contributed by atoms with Crippen LogP contribution in [-0.2, 0) is 6.42 Å². The molecule has 0 aliphatic carbocycles. The molecule has 0 heterocycles.